The quantitative estimate of drug-likeness (QED) is 0.785. The Hall–Kier alpha value is -1.78. The molecule has 4 rings (SSSR count). The maximum Gasteiger partial charge on any atom is 0.213 e. The van der Waals surface area contributed by atoms with Crippen LogP contribution in [0.2, 0.25) is 0 Å². The molecule has 0 unspecified atom stereocenters. The van der Waals surface area contributed by atoms with E-state index in [-0.39, 0.29) is 6.04 Å². The van der Waals surface area contributed by atoms with Crippen LogP contribution in [-0.2, 0) is 0 Å². The van der Waals surface area contributed by atoms with Crippen molar-refractivity contribution in [2.75, 3.05) is 0 Å². The Morgan fingerprint density at radius 3 is 2.86 bits per heavy atom. The zero-order valence-corrected chi connectivity index (χ0v) is 12.4. The summed E-state index contributed by atoms with van der Waals surface area (Å²) in [7, 11) is 0. The molecule has 0 spiro atoms. The molecule has 3 heterocycles. The summed E-state index contributed by atoms with van der Waals surface area (Å²) in [5, 5.41) is 0. The lowest BCUT2D eigenvalue weighted by Crippen LogP contribution is -2.27. The zero-order chi connectivity index (χ0) is 15.2. The van der Waals surface area contributed by atoms with Crippen LogP contribution in [0.4, 0.5) is 8.78 Å². The highest BCUT2D eigenvalue weighted by Crippen LogP contribution is 2.44. The van der Waals surface area contributed by atoms with Gasteiger partial charge in [0.1, 0.15) is 5.67 Å². The monoisotopic (exact) mass is 303 g/mol. The fourth-order valence-electron chi connectivity index (χ4n) is 3.97. The van der Waals surface area contributed by atoms with Gasteiger partial charge in [0.05, 0.1) is 24.3 Å². The minimum atomic E-state index is -1.05. The Bertz CT molecular complexity index is 689. The first-order valence-corrected chi connectivity index (χ1v) is 8.03. The van der Waals surface area contributed by atoms with Crippen molar-refractivity contribution < 1.29 is 8.78 Å². The second kappa shape index (κ2) is 5.14. The summed E-state index contributed by atoms with van der Waals surface area (Å²) in [4.78, 5) is 7.92. The Labute approximate surface area is 128 Å². The molecule has 22 heavy (non-hydrogen) atoms. The van der Waals surface area contributed by atoms with E-state index in [2.05, 4.69) is 9.97 Å². The van der Waals surface area contributed by atoms with Crippen molar-refractivity contribution >= 4 is 0 Å². The average Bonchev–Trinajstić information content (AvgIpc) is 3.07. The first-order chi connectivity index (χ1) is 10.7. The molecular weight excluding hydrogens is 284 g/mol. The van der Waals surface area contributed by atoms with Gasteiger partial charge in [-0.2, -0.15) is 4.39 Å². The fourth-order valence-corrected chi connectivity index (χ4v) is 3.97. The number of nitrogens with zero attached hydrogens (tertiary/aromatic N) is 3. The predicted octanol–water partition coefficient (Wildman–Crippen LogP) is 4.44. The topological polar surface area (TPSA) is 30.7 Å². The summed E-state index contributed by atoms with van der Waals surface area (Å²) in [6.45, 7) is 0. The largest absolute Gasteiger partial charge is 0.323 e. The number of pyridine rings is 1. The van der Waals surface area contributed by atoms with Crippen molar-refractivity contribution in [3.63, 3.8) is 0 Å². The van der Waals surface area contributed by atoms with Crippen molar-refractivity contribution in [1.29, 1.82) is 0 Å². The number of hydrogen-bond donors (Lipinski definition) is 0. The van der Waals surface area contributed by atoms with Gasteiger partial charge < -0.3 is 4.57 Å². The van der Waals surface area contributed by atoms with Gasteiger partial charge in [-0.1, -0.05) is 19.3 Å². The van der Waals surface area contributed by atoms with Gasteiger partial charge in [-0.25, -0.2) is 14.4 Å². The lowest BCUT2D eigenvalue weighted by molar-refractivity contribution is 0.0903. The second-order valence-corrected chi connectivity index (χ2v) is 6.55. The van der Waals surface area contributed by atoms with E-state index in [1.165, 1.54) is 6.07 Å². The molecule has 1 saturated carbocycles. The number of aromatic nitrogens is 3. The third-order valence-corrected chi connectivity index (χ3v) is 5.15. The Morgan fingerprint density at radius 2 is 2.05 bits per heavy atom. The van der Waals surface area contributed by atoms with Crippen LogP contribution in [0, 0.1) is 5.95 Å². The van der Waals surface area contributed by atoms with Crippen molar-refractivity contribution in [3.05, 3.63) is 36.3 Å². The van der Waals surface area contributed by atoms with Crippen LogP contribution >= 0.6 is 0 Å². The van der Waals surface area contributed by atoms with Crippen LogP contribution in [0.15, 0.2) is 24.8 Å². The van der Waals surface area contributed by atoms with Crippen molar-refractivity contribution in [3.8, 4) is 11.3 Å². The predicted molar refractivity (Wildman–Crippen MR) is 79.7 cm³/mol. The Kier molecular flexibility index (Phi) is 3.24. The van der Waals surface area contributed by atoms with Crippen molar-refractivity contribution in [2.24, 2.45) is 0 Å². The van der Waals surface area contributed by atoms with E-state index in [1.54, 1.807) is 18.7 Å². The van der Waals surface area contributed by atoms with Crippen molar-refractivity contribution in [2.45, 2.75) is 56.7 Å². The number of rotatable bonds is 3. The minimum absolute atomic E-state index is 0.0282. The highest BCUT2D eigenvalue weighted by atomic mass is 19.1. The Morgan fingerprint density at radius 1 is 1.23 bits per heavy atom. The lowest BCUT2D eigenvalue weighted by atomic mass is 9.82. The first kappa shape index (κ1) is 13.9. The van der Waals surface area contributed by atoms with Crippen molar-refractivity contribution in [1.82, 2.24) is 14.5 Å². The second-order valence-electron chi connectivity index (χ2n) is 6.55. The normalized spacial score (nSPS) is 22.4. The molecule has 1 aliphatic heterocycles. The van der Waals surface area contributed by atoms with Gasteiger partial charge in [0.2, 0.25) is 5.95 Å². The molecule has 0 saturated heterocycles. The smallest absolute Gasteiger partial charge is 0.213 e. The standard InChI is InChI=1S/C17H19F2N3/c18-16-8-12-13(9-21-16)15-10-20-11-22(15)14(12)4-7-17(19)5-2-1-3-6-17/h8-11,14H,1-7H2/t14-/m0/s1. The molecule has 116 valence electrons. The molecule has 2 aromatic heterocycles. The van der Waals surface area contributed by atoms with E-state index in [1.807, 2.05) is 4.57 Å². The number of fused-ring (bicyclic) bond motifs is 3. The highest BCUT2D eigenvalue weighted by molar-refractivity contribution is 5.67. The average molecular weight is 303 g/mol. The van der Waals surface area contributed by atoms with Gasteiger partial charge in [0.25, 0.3) is 0 Å². The molecular formula is C17H19F2N3. The molecule has 0 amide bonds. The van der Waals surface area contributed by atoms with Crippen LogP contribution < -0.4 is 0 Å². The van der Waals surface area contributed by atoms with Gasteiger partial charge >= 0.3 is 0 Å². The van der Waals surface area contributed by atoms with E-state index < -0.39 is 11.6 Å². The molecule has 5 heteroatoms. The Balaban J connectivity index is 1.61. The third-order valence-electron chi connectivity index (χ3n) is 5.15. The van der Waals surface area contributed by atoms with Crippen LogP contribution in [0.5, 0.6) is 0 Å². The SMILES string of the molecule is Fc1cc2c(cn1)-c1cncn1[C@H]2CCC1(F)CCCCC1. The summed E-state index contributed by atoms with van der Waals surface area (Å²) < 4.78 is 30.4. The van der Waals surface area contributed by atoms with Gasteiger partial charge in [-0.3, -0.25) is 0 Å². The van der Waals surface area contributed by atoms with E-state index in [0.717, 1.165) is 36.1 Å². The molecule has 0 bridgehead atoms. The summed E-state index contributed by atoms with van der Waals surface area (Å²) in [6, 6.07) is 1.46. The molecule has 2 aromatic rings. The van der Waals surface area contributed by atoms with Gasteiger partial charge in [0.15, 0.2) is 0 Å². The summed E-state index contributed by atoms with van der Waals surface area (Å²) >= 11 is 0. The van der Waals surface area contributed by atoms with E-state index in [9.17, 15) is 8.78 Å². The summed E-state index contributed by atoms with van der Waals surface area (Å²) in [6.07, 6.45) is 10.7. The van der Waals surface area contributed by atoms with Crippen LogP contribution in [-0.4, -0.2) is 20.2 Å². The molecule has 0 radical (unpaired) electrons. The maximum absolute atomic E-state index is 14.9. The zero-order valence-electron chi connectivity index (χ0n) is 12.4. The van der Waals surface area contributed by atoms with Gasteiger partial charge in [-0.05, 0) is 37.3 Å². The molecule has 3 nitrogen and oxygen atoms in total. The fraction of sp³-hybridized carbons (Fsp3) is 0.529. The van der Waals surface area contributed by atoms with E-state index in [0.29, 0.717) is 25.7 Å². The molecule has 1 aliphatic carbocycles. The van der Waals surface area contributed by atoms with E-state index in [4.69, 9.17) is 0 Å². The van der Waals surface area contributed by atoms with Crippen LogP contribution in [0.3, 0.4) is 0 Å². The van der Waals surface area contributed by atoms with Gasteiger partial charge in [0, 0.05) is 11.8 Å². The minimum Gasteiger partial charge on any atom is -0.323 e. The molecule has 0 aromatic carbocycles. The van der Waals surface area contributed by atoms with E-state index >= 15 is 0 Å². The summed E-state index contributed by atoms with van der Waals surface area (Å²) in [5.74, 6) is -0.477. The van der Waals surface area contributed by atoms with Crippen LogP contribution in [0.25, 0.3) is 11.3 Å². The number of alkyl halides is 1. The number of halogens is 2. The molecule has 2 aliphatic rings. The van der Waals surface area contributed by atoms with Gasteiger partial charge in [-0.15, -0.1) is 0 Å². The highest BCUT2D eigenvalue weighted by Gasteiger charge is 2.35. The maximum atomic E-state index is 14.9. The molecule has 1 fully saturated rings. The number of hydrogen-bond acceptors (Lipinski definition) is 2. The van der Waals surface area contributed by atoms with Crippen LogP contribution in [0.1, 0.15) is 56.6 Å². The summed E-state index contributed by atoms with van der Waals surface area (Å²) in [5.41, 5.74) is 1.72. The molecule has 0 N–H and O–H groups in total. The molecule has 1 atom stereocenters. The first-order valence-electron chi connectivity index (χ1n) is 8.03. The third kappa shape index (κ3) is 2.23. The number of imidazole rings is 1. The lowest BCUT2D eigenvalue weighted by Gasteiger charge is -2.30.